The highest BCUT2D eigenvalue weighted by molar-refractivity contribution is 5.85. The summed E-state index contributed by atoms with van der Waals surface area (Å²) < 4.78 is 0. The molecule has 18 heavy (non-hydrogen) atoms. The normalized spacial score (nSPS) is 20.8. The van der Waals surface area contributed by atoms with E-state index in [0.29, 0.717) is 6.54 Å². The Kier molecular flexibility index (Phi) is 3.76. The first kappa shape index (κ1) is 12.8. The first-order valence-electron chi connectivity index (χ1n) is 6.08. The second kappa shape index (κ2) is 5.30. The minimum Gasteiger partial charge on any atom is -0.357 e. The molecule has 0 spiro atoms. The predicted molar refractivity (Wildman–Crippen MR) is 69.5 cm³/mol. The summed E-state index contributed by atoms with van der Waals surface area (Å²) in [5, 5.41) is 2.72. The van der Waals surface area contributed by atoms with Gasteiger partial charge in [0, 0.05) is 32.9 Å². The number of likely N-dealkylation sites (N-methyl/N-ethyl adjacent to an activating group) is 2. The Morgan fingerprint density at radius 1 is 1.50 bits per heavy atom. The van der Waals surface area contributed by atoms with E-state index in [1.165, 1.54) is 0 Å². The standard InChI is InChI=1S/C12H19N5O/c1-9-14-5-4-11(15-9)17-7-6-16(3)8-10(17)12(18)13-2/h4-5,10H,6-8H2,1-3H3,(H,13,18). The minimum absolute atomic E-state index is 0.0258. The number of anilines is 1. The molecule has 1 aliphatic heterocycles. The van der Waals surface area contributed by atoms with E-state index < -0.39 is 0 Å². The molecular weight excluding hydrogens is 230 g/mol. The number of rotatable bonds is 2. The molecule has 2 heterocycles. The number of hydrogen-bond acceptors (Lipinski definition) is 5. The molecule has 1 aromatic rings. The van der Waals surface area contributed by atoms with Crippen LogP contribution < -0.4 is 10.2 Å². The fourth-order valence-corrected chi connectivity index (χ4v) is 2.19. The number of carbonyl (C=O) groups is 1. The van der Waals surface area contributed by atoms with Crippen LogP contribution in [0.3, 0.4) is 0 Å². The zero-order chi connectivity index (χ0) is 13.1. The summed E-state index contributed by atoms with van der Waals surface area (Å²) in [6.07, 6.45) is 1.73. The van der Waals surface area contributed by atoms with Crippen molar-refractivity contribution in [3.8, 4) is 0 Å². The van der Waals surface area contributed by atoms with E-state index in [9.17, 15) is 4.79 Å². The number of piperazine rings is 1. The Labute approximate surface area is 107 Å². The highest BCUT2D eigenvalue weighted by Crippen LogP contribution is 2.17. The van der Waals surface area contributed by atoms with Gasteiger partial charge in [-0.3, -0.25) is 4.79 Å². The number of amides is 1. The van der Waals surface area contributed by atoms with E-state index in [-0.39, 0.29) is 11.9 Å². The molecule has 1 saturated heterocycles. The van der Waals surface area contributed by atoms with Crippen LogP contribution in [0.1, 0.15) is 5.82 Å². The number of nitrogens with zero attached hydrogens (tertiary/aromatic N) is 4. The number of hydrogen-bond donors (Lipinski definition) is 1. The van der Waals surface area contributed by atoms with Crippen LogP contribution in [-0.4, -0.2) is 60.5 Å². The molecule has 1 fully saturated rings. The summed E-state index contributed by atoms with van der Waals surface area (Å²) in [5.74, 6) is 1.57. The Morgan fingerprint density at radius 2 is 2.28 bits per heavy atom. The third-order valence-electron chi connectivity index (χ3n) is 3.19. The van der Waals surface area contributed by atoms with E-state index >= 15 is 0 Å². The molecule has 2 rings (SSSR count). The number of aromatic nitrogens is 2. The van der Waals surface area contributed by atoms with Crippen molar-refractivity contribution in [3.63, 3.8) is 0 Å². The molecule has 0 aliphatic carbocycles. The van der Waals surface area contributed by atoms with Gasteiger partial charge in [0.1, 0.15) is 17.7 Å². The van der Waals surface area contributed by atoms with Crippen molar-refractivity contribution in [1.82, 2.24) is 20.2 Å². The highest BCUT2D eigenvalue weighted by Gasteiger charge is 2.31. The van der Waals surface area contributed by atoms with Crippen molar-refractivity contribution >= 4 is 11.7 Å². The Morgan fingerprint density at radius 3 is 2.94 bits per heavy atom. The molecule has 1 unspecified atom stereocenters. The maximum absolute atomic E-state index is 12.0. The monoisotopic (exact) mass is 249 g/mol. The molecule has 0 aromatic carbocycles. The number of nitrogens with one attached hydrogen (secondary N) is 1. The molecule has 0 bridgehead atoms. The Bertz CT molecular complexity index is 436. The third-order valence-corrected chi connectivity index (χ3v) is 3.19. The zero-order valence-corrected chi connectivity index (χ0v) is 11.1. The van der Waals surface area contributed by atoms with Gasteiger partial charge in [-0.15, -0.1) is 0 Å². The van der Waals surface area contributed by atoms with Gasteiger partial charge in [0.05, 0.1) is 0 Å². The largest absolute Gasteiger partial charge is 0.357 e. The van der Waals surface area contributed by atoms with Crippen LogP contribution in [0.25, 0.3) is 0 Å². The van der Waals surface area contributed by atoms with Crippen molar-refractivity contribution in [1.29, 1.82) is 0 Å². The van der Waals surface area contributed by atoms with Gasteiger partial charge in [-0.1, -0.05) is 0 Å². The van der Waals surface area contributed by atoms with Gasteiger partial charge in [-0.05, 0) is 20.0 Å². The van der Waals surface area contributed by atoms with Crippen LogP contribution in [0.5, 0.6) is 0 Å². The van der Waals surface area contributed by atoms with Gasteiger partial charge in [-0.2, -0.15) is 0 Å². The topological polar surface area (TPSA) is 61.4 Å². The number of aryl methyl sites for hydroxylation is 1. The maximum atomic E-state index is 12.0. The van der Waals surface area contributed by atoms with Crippen LogP contribution in [0.2, 0.25) is 0 Å². The van der Waals surface area contributed by atoms with Crippen molar-refractivity contribution in [3.05, 3.63) is 18.1 Å². The van der Waals surface area contributed by atoms with E-state index in [1.807, 2.05) is 24.9 Å². The summed E-state index contributed by atoms with van der Waals surface area (Å²) in [5.41, 5.74) is 0. The quantitative estimate of drug-likeness (QED) is 0.776. The molecule has 1 amide bonds. The van der Waals surface area contributed by atoms with Gasteiger partial charge in [0.2, 0.25) is 5.91 Å². The van der Waals surface area contributed by atoms with Gasteiger partial charge in [0.15, 0.2) is 0 Å². The van der Waals surface area contributed by atoms with Gasteiger partial charge < -0.3 is 15.1 Å². The fourth-order valence-electron chi connectivity index (χ4n) is 2.19. The molecular formula is C12H19N5O. The smallest absolute Gasteiger partial charge is 0.243 e. The lowest BCUT2D eigenvalue weighted by molar-refractivity contribution is -0.122. The van der Waals surface area contributed by atoms with E-state index in [4.69, 9.17) is 0 Å². The van der Waals surface area contributed by atoms with Crippen molar-refractivity contribution in [2.75, 3.05) is 38.6 Å². The summed E-state index contributed by atoms with van der Waals surface area (Å²) in [4.78, 5) is 24.7. The van der Waals surface area contributed by atoms with Crippen LogP contribution in [0.15, 0.2) is 12.3 Å². The lowest BCUT2D eigenvalue weighted by atomic mass is 10.1. The van der Waals surface area contributed by atoms with E-state index in [2.05, 4.69) is 20.2 Å². The van der Waals surface area contributed by atoms with Gasteiger partial charge in [0.25, 0.3) is 0 Å². The van der Waals surface area contributed by atoms with E-state index in [1.54, 1.807) is 13.2 Å². The van der Waals surface area contributed by atoms with Crippen LogP contribution in [-0.2, 0) is 4.79 Å². The molecule has 0 saturated carbocycles. The summed E-state index contributed by atoms with van der Waals surface area (Å²) in [6.45, 7) is 4.29. The maximum Gasteiger partial charge on any atom is 0.243 e. The summed E-state index contributed by atoms with van der Waals surface area (Å²) in [7, 11) is 3.69. The molecule has 1 aromatic heterocycles. The lowest BCUT2D eigenvalue weighted by Crippen LogP contribution is -2.58. The average Bonchev–Trinajstić information content (AvgIpc) is 2.37. The first-order valence-corrected chi connectivity index (χ1v) is 6.08. The summed E-state index contributed by atoms with van der Waals surface area (Å²) in [6, 6.07) is 1.66. The van der Waals surface area contributed by atoms with Crippen LogP contribution >= 0.6 is 0 Å². The van der Waals surface area contributed by atoms with Gasteiger partial charge in [-0.25, -0.2) is 9.97 Å². The van der Waals surface area contributed by atoms with Crippen LogP contribution in [0, 0.1) is 6.92 Å². The Hall–Kier alpha value is -1.69. The first-order chi connectivity index (χ1) is 8.61. The van der Waals surface area contributed by atoms with Crippen molar-refractivity contribution < 1.29 is 4.79 Å². The lowest BCUT2D eigenvalue weighted by Gasteiger charge is -2.39. The molecule has 1 N–H and O–H groups in total. The second-order valence-electron chi connectivity index (χ2n) is 4.55. The third kappa shape index (κ3) is 2.59. The average molecular weight is 249 g/mol. The zero-order valence-electron chi connectivity index (χ0n) is 11.1. The molecule has 0 radical (unpaired) electrons. The minimum atomic E-state index is -0.192. The molecule has 1 atom stereocenters. The van der Waals surface area contributed by atoms with Crippen molar-refractivity contribution in [2.24, 2.45) is 0 Å². The van der Waals surface area contributed by atoms with E-state index in [0.717, 1.165) is 24.7 Å². The molecule has 98 valence electrons. The number of carbonyl (C=O) groups excluding carboxylic acids is 1. The predicted octanol–water partition coefficient (Wildman–Crippen LogP) is -0.349. The Balaban J connectivity index is 2.26. The second-order valence-corrected chi connectivity index (χ2v) is 4.55. The molecule has 6 nitrogen and oxygen atoms in total. The van der Waals surface area contributed by atoms with Crippen molar-refractivity contribution in [2.45, 2.75) is 13.0 Å². The highest BCUT2D eigenvalue weighted by atomic mass is 16.2. The fraction of sp³-hybridized carbons (Fsp3) is 0.583. The summed E-state index contributed by atoms with van der Waals surface area (Å²) >= 11 is 0. The molecule has 6 heteroatoms. The molecule has 1 aliphatic rings. The van der Waals surface area contributed by atoms with Gasteiger partial charge >= 0.3 is 0 Å². The SMILES string of the molecule is CNC(=O)C1CN(C)CCN1c1ccnc(C)n1. The van der Waals surface area contributed by atoms with Crippen LogP contribution in [0.4, 0.5) is 5.82 Å².